The molecule has 36 heavy (non-hydrogen) atoms. The van der Waals surface area contributed by atoms with Gasteiger partial charge in [-0.3, -0.25) is 14.7 Å². The summed E-state index contributed by atoms with van der Waals surface area (Å²) in [5.41, 5.74) is 5.73. The first-order valence-corrected chi connectivity index (χ1v) is 12.6. The topological polar surface area (TPSA) is 106 Å². The summed E-state index contributed by atoms with van der Waals surface area (Å²) >= 11 is 0. The molecule has 2 aliphatic rings. The lowest BCUT2D eigenvalue weighted by Crippen LogP contribution is -2.41. The summed E-state index contributed by atoms with van der Waals surface area (Å²) in [7, 11) is 1.92. The first-order chi connectivity index (χ1) is 17.6. The number of hydrogen-bond acceptors (Lipinski definition) is 7. The van der Waals surface area contributed by atoms with Crippen LogP contribution in [0.15, 0.2) is 24.4 Å². The van der Waals surface area contributed by atoms with Crippen LogP contribution in [-0.2, 0) is 20.1 Å². The third-order valence-electron chi connectivity index (χ3n) is 6.97. The number of H-pyrrole nitrogens is 1. The summed E-state index contributed by atoms with van der Waals surface area (Å²) in [6.07, 6.45) is 7.99. The van der Waals surface area contributed by atoms with Gasteiger partial charge in [0.1, 0.15) is 6.10 Å². The highest BCUT2D eigenvalue weighted by Gasteiger charge is 2.27. The molecule has 1 fully saturated rings. The number of nitrogens with one attached hydrogen (secondary N) is 1. The average molecular weight is 490 g/mol. The Kier molecular flexibility index (Phi) is 5.98. The lowest BCUT2D eigenvalue weighted by Gasteiger charge is -2.33. The van der Waals surface area contributed by atoms with E-state index in [-0.39, 0.29) is 12.7 Å². The molecule has 2 aliphatic heterocycles. The molecule has 3 aromatic heterocycles. The number of piperidine rings is 1. The van der Waals surface area contributed by atoms with E-state index in [0.29, 0.717) is 25.6 Å². The molecule has 5 heterocycles. The summed E-state index contributed by atoms with van der Waals surface area (Å²) in [5, 5.41) is 27.7. The van der Waals surface area contributed by atoms with Crippen molar-refractivity contribution in [2.24, 2.45) is 7.05 Å². The fourth-order valence-electron chi connectivity index (χ4n) is 5.22. The van der Waals surface area contributed by atoms with Crippen molar-refractivity contribution in [3.63, 3.8) is 0 Å². The SMILES string of the molecule is CCOc1nn(CCO)c2c1/C=C/c1n[nH]c3ccc(cc13)-c1cnn(C)c1O[C@@H]1CCCN(C2)C1. The highest BCUT2D eigenvalue weighted by atomic mass is 16.5. The maximum atomic E-state index is 9.72. The van der Waals surface area contributed by atoms with Crippen molar-refractivity contribution in [1.82, 2.24) is 34.7 Å². The zero-order valence-corrected chi connectivity index (χ0v) is 20.6. The van der Waals surface area contributed by atoms with E-state index in [0.717, 1.165) is 70.8 Å². The third kappa shape index (κ3) is 4.06. The van der Waals surface area contributed by atoms with Crippen molar-refractivity contribution in [1.29, 1.82) is 0 Å². The van der Waals surface area contributed by atoms with Gasteiger partial charge in [-0.1, -0.05) is 6.07 Å². The molecule has 1 aromatic carbocycles. The van der Waals surface area contributed by atoms with Crippen molar-refractivity contribution in [3.05, 3.63) is 41.3 Å². The smallest absolute Gasteiger partial charge is 0.240 e. The molecule has 2 atom stereocenters. The van der Waals surface area contributed by atoms with Crippen LogP contribution in [0.25, 0.3) is 34.2 Å². The summed E-state index contributed by atoms with van der Waals surface area (Å²) < 4.78 is 16.2. The van der Waals surface area contributed by atoms with Gasteiger partial charge in [-0.2, -0.15) is 10.2 Å². The molecule has 0 amide bonds. The summed E-state index contributed by atoms with van der Waals surface area (Å²) in [6.45, 7) is 5.32. The number of aliphatic hydroxyl groups excluding tert-OH is 1. The van der Waals surface area contributed by atoms with Crippen molar-refractivity contribution >= 4 is 23.1 Å². The number of aryl methyl sites for hydroxylation is 1. The molecule has 10 nitrogen and oxygen atoms in total. The largest absolute Gasteiger partial charge is 0.476 e. The molecule has 0 saturated carbocycles. The van der Waals surface area contributed by atoms with Crippen molar-refractivity contribution in [3.8, 4) is 22.9 Å². The predicted octanol–water partition coefficient (Wildman–Crippen LogP) is 3.08. The molecule has 0 radical (unpaired) electrons. The normalized spacial score (nSPS) is 20.3. The minimum Gasteiger partial charge on any atom is -0.476 e. The number of aromatic nitrogens is 6. The summed E-state index contributed by atoms with van der Waals surface area (Å²) in [5.74, 6) is 1.35. The van der Waals surface area contributed by atoms with Crippen LogP contribution in [0.2, 0.25) is 0 Å². The molecule has 0 aliphatic carbocycles. The Morgan fingerprint density at radius 1 is 1.28 bits per heavy atom. The summed E-state index contributed by atoms with van der Waals surface area (Å²) in [4.78, 5) is 2.40. The number of hydrogen-bond donors (Lipinski definition) is 2. The molecule has 10 heteroatoms. The maximum absolute atomic E-state index is 9.72. The van der Waals surface area contributed by atoms with Gasteiger partial charge in [0, 0.05) is 25.5 Å². The van der Waals surface area contributed by atoms with Crippen LogP contribution in [0, 0.1) is 0 Å². The van der Waals surface area contributed by atoms with Gasteiger partial charge in [-0.05, 0) is 56.2 Å². The van der Waals surface area contributed by atoms with Crippen LogP contribution < -0.4 is 9.47 Å². The Labute approximate surface area is 209 Å². The van der Waals surface area contributed by atoms with Crippen LogP contribution in [0.4, 0.5) is 0 Å². The number of aliphatic hydroxyl groups is 1. The molecule has 0 spiro atoms. The zero-order chi connectivity index (χ0) is 24.6. The molecule has 1 saturated heterocycles. The van der Waals surface area contributed by atoms with Gasteiger partial charge in [0.25, 0.3) is 0 Å². The Morgan fingerprint density at radius 3 is 3.06 bits per heavy atom. The molecule has 4 bridgehead atoms. The van der Waals surface area contributed by atoms with E-state index >= 15 is 0 Å². The standard InChI is InChI=1S/C26H31N7O3/c1-3-35-25-19-7-9-23-20-13-17(6-8-22(20)28-29-23)21-14-27-31(2)26(21)36-18-5-4-10-32(15-18)16-24(19)33(30-25)11-12-34/h6-9,13-14,18,34H,3-5,10-12,15-16H2,1-2H3,(H,28,29)/b9-7+/t18-/m1/s1. The van der Waals surface area contributed by atoms with E-state index in [1.807, 2.05) is 47.8 Å². The van der Waals surface area contributed by atoms with Crippen LogP contribution >= 0.6 is 0 Å². The monoisotopic (exact) mass is 489 g/mol. The predicted molar refractivity (Wildman–Crippen MR) is 137 cm³/mol. The van der Waals surface area contributed by atoms with Gasteiger partial charge in [-0.15, -0.1) is 5.10 Å². The van der Waals surface area contributed by atoms with Crippen LogP contribution in [0.1, 0.15) is 36.7 Å². The minimum absolute atomic E-state index is 0.00514. The van der Waals surface area contributed by atoms with Gasteiger partial charge in [-0.25, -0.2) is 4.68 Å². The molecule has 1 unspecified atom stereocenters. The van der Waals surface area contributed by atoms with E-state index < -0.39 is 0 Å². The first-order valence-electron chi connectivity index (χ1n) is 12.6. The number of nitrogens with zero attached hydrogens (tertiary/aromatic N) is 6. The molecular weight excluding hydrogens is 458 g/mol. The number of ether oxygens (including phenoxy) is 2. The maximum Gasteiger partial charge on any atom is 0.240 e. The molecule has 4 aromatic rings. The van der Waals surface area contributed by atoms with Crippen molar-refractivity contribution in [2.45, 2.75) is 39.0 Å². The van der Waals surface area contributed by atoms with E-state index in [1.165, 1.54) is 0 Å². The van der Waals surface area contributed by atoms with Crippen LogP contribution in [0.5, 0.6) is 11.8 Å². The van der Waals surface area contributed by atoms with Gasteiger partial charge < -0.3 is 14.6 Å². The minimum atomic E-state index is 0.00514. The van der Waals surface area contributed by atoms with Crippen molar-refractivity contribution in [2.75, 3.05) is 26.3 Å². The molecule has 6 rings (SSSR count). The van der Waals surface area contributed by atoms with Crippen LogP contribution in [0.3, 0.4) is 0 Å². The Balaban J connectivity index is 1.53. The quantitative estimate of drug-likeness (QED) is 0.454. The van der Waals surface area contributed by atoms with Crippen LogP contribution in [-0.4, -0.2) is 72.2 Å². The highest BCUT2D eigenvalue weighted by Crippen LogP contribution is 2.35. The Hall–Kier alpha value is -3.63. The van der Waals surface area contributed by atoms with E-state index in [2.05, 4.69) is 32.3 Å². The fraction of sp³-hybridized carbons (Fsp3) is 0.423. The molecular formula is C26H31N7O3. The molecule has 2 N–H and O–H groups in total. The van der Waals surface area contributed by atoms with E-state index in [1.54, 1.807) is 0 Å². The van der Waals surface area contributed by atoms with Gasteiger partial charge >= 0.3 is 0 Å². The van der Waals surface area contributed by atoms with Crippen molar-refractivity contribution < 1.29 is 14.6 Å². The van der Waals surface area contributed by atoms with Gasteiger partial charge in [0.15, 0.2) is 0 Å². The number of rotatable bonds is 4. The number of aromatic amines is 1. The third-order valence-corrected chi connectivity index (χ3v) is 6.97. The second kappa shape index (κ2) is 9.44. The summed E-state index contributed by atoms with van der Waals surface area (Å²) in [6, 6.07) is 6.25. The number of fused-ring (bicyclic) bond motifs is 6. The lowest BCUT2D eigenvalue weighted by molar-refractivity contribution is 0.0762. The second-order valence-corrected chi connectivity index (χ2v) is 9.35. The highest BCUT2D eigenvalue weighted by molar-refractivity contribution is 5.93. The number of benzene rings is 1. The fourth-order valence-corrected chi connectivity index (χ4v) is 5.22. The van der Waals surface area contributed by atoms with E-state index in [4.69, 9.17) is 14.6 Å². The Morgan fingerprint density at radius 2 is 2.19 bits per heavy atom. The van der Waals surface area contributed by atoms with Gasteiger partial charge in [0.2, 0.25) is 11.8 Å². The zero-order valence-electron chi connectivity index (χ0n) is 20.6. The Bertz CT molecular complexity index is 1420. The second-order valence-electron chi connectivity index (χ2n) is 9.35. The average Bonchev–Trinajstić information content (AvgIpc) is 3.54. The van der Waals surface area contributed by atoms with E-state index in [9.17, 15) is 5.11 Å². The van der Waals surface area contributed by atoms with Gasteiger partial charge in [0.05, 0.1) is 54.0 Å². The lowest BCUT2D eigenvalue weighted by atomic mass is 10.0. The molecule has 188 valence electrons. The first kappa shape index (κ1) is 22.8.